The lowest BCUT2D eigenvalue weighted by atomic mass is 9.81. The first-order valence-electron chi connectivity index (χ1n) is 7.41. The van der Waals surface area contributed by atoms with E-state index in [0.717, 1.165) is 12.3 Å². The number of carbonyl (C=O) groups excluding carboxylic acids is 1. The molecule has 3 atom stereocenters. The van der Waals surface area contributed by atoms with Crippen LogP contribution in [-0.4, -0.2) is 41.4 Å². The zero-order chi connectivity index (χ0) is 15.0. The molecule has 0 heterocycles. The van der Waals surface area contributed by atoms with E-state index in [-0.39, 0.29) is 13.0 Å². The van der Waals surface area contributed by atoms with Gasteiger partial charge in [-0.3, -0.25) is 0 Å². The van der Waals surface area contributed by atoms with E-state index in [0.29, 0.717) is 12.5 Å². The molecule has 4 N–H and O–H groups in total. The van der Waals surface area contributed by atoms with Crippen molar-refractivity contribution >= 4 is 12.0 Å². The SMILES string of the molecule is CC1CCCC(CCNC(=O)N[C@@H](CCO)C(=O)O)C1. The van der Waals surface area contributed by atoms with Crippen molar-refractivity contribution in [2.75, 3.05) is 13.2 Å². The highest BCUT2D eigenvalue weighted by molar-refractivity contribution is 5.82. The van der Waals surface area contributed by atoms with Crippen LogP contribution in [0, 0.1) is 11.8 Å². The fraction of sp³-hybridized carbons (Fsp3) is 0.857. The molecular formula is C14H26N2O4. The zero-order valence-electron chi connectivity index (χ0n) is 12.1. The molecule has 0 radical (unpaired) electrons. The zero-order valence-corrected chi connectivity index (χ0v) is 12.1. The molecule has 1 fully saturated rings. The van der Waals surface area contributed by atoms with E-state index in [9.17, 15) is 9.59 Å². The highest BCUT2D eigenvalue weighted by Gasteiger charge is 2.20. The summed E-state index contributed by atoms with van der Waals surface area (Å²) in [6, 6.07) is -1.51. The minimum atomic E-state index is -1.13. The molecule has 0 aromatic heterocycles. The standard InChI is InChI=1S/C14H26N2O4/c1-10-3-2-4-11(9-10)5-7-15-14(20)16-12(6-8-17)13(18)19/h10-12,17H,2-9H2,1H3,(H,18,19)(H2,15,16,20)/t10?,11?,12-/m0/s1. The molecule has 1 saturated carbocycles. The van der Waals surface area contributed by atoms with Crippen molar-refractivity contribution in [2.24, 2.45) is 11.8 Å². The average Bonchev–Trinajstić information content (AvgIpc) is 2.38. The average molecular weight is 286 g/mol. The van der Waals surface area contributed by atoms with E-state index < -0.39 is 18.0 Å². The van der Waals surface area contributed by atoms with Gasteiger partial charge in [0.2, 0.25) is 0 Å². The van der Waals surface area contributed by atoms with Gasteiger partial charge in [0.05, 0.1) is 0 Å². The Kier molecular flexibility index (Phi) is 7.36. The maximum Gasteiger partial charge on any atom is 0.326 e. The van der Waals surface area contributed by atoms with Crippen LogP contribution in [0.2, 0.25) is 0 Å². The largest absolute Gasteiger partial charge is 0.480 e. The summed E-state index contributed by atoms with van der Waals surface area (Å²) in [7, 11) is 0. The number of carboxylic acids is 1. The van der Waals surface area contributed by atoms with Gasteiger partial charge >= 0.3 is 12.0 Å². The van der Waals surface area contributed by atoms with Gasteiger partial charge in [0.15, 0.2) is 0 Å². The van der Waals surface area contributed by atoms with Gasteiger partial charge in [-0.1, -0.05) is 26.2 Å². The summed E-state index contributed by atoms with van der Waals surface area (Å²) in [6.07, 6.45) is 5.95. The molecule has 6 nitrogen and oxygen atoms in total. The molecule has 20 heavy (non-hydrogen) atoms. The van der Waals surface area contributed by atoms with Crippen molar-refractivity contribution in [3.8, 4) is 0 Å². The summed E-state index contributed by atoms with van der Waals surface area (Å²) in [5.41, 5.74) is 0. The van der Waals surface area contributed by atoms with Crippen LogP contribution in [0.25, 0.3) is 0 Å². The van der Waals surface area contributed by atoms with Gasteiger partial charge in [0.1, 0.15) is 6.04 Å². The van der Waals surface area contributed by atoms with E-state index in [1.807, 2.05) is 0 Å². The van der Waals surface area contributed by atoms with Gasteiger partial charge in [-0.05, 0) is 24.7 Å². The van der Waals surface area contributed by atoms with Crippen LogP contribution in [0.3, 0.4) is 0 Å². The van der Waals surface area contributed by atoms with Crippen LogP contribution in [0.4, 0.5) is 4.79 Å². The van der Waals surface area contributed by atoms with Crippen molar-refractivity contribution in [1.29, 1.82) is 0 Å². The minimum absolute atomic E-state index is 0.0168. The molecule has 0 aromatic carbocycles. The third-order valence-corrected chi connectivity index (χ3v) is 3.90. The third kappa shape index (κ3) is 6.23. The quantitative estimate of drug-likeness (QED) is 0.567. The molecule has 116 valence electrons. The normalized spacial score (nSPS) is 23.9. The number of aliphatic hydroxyl groups excluding tert-OH is 1. The monoisotopic (exact) mass is 286 g/mol. The minimum Gasteiger partial charge on any atom is -0.480 e. The smallest absolute Gasteiger partial charge is 0.326 e. The summed E-state index contributed by atoms with van der Waals surface area (Å²) >= 11 is 0. The number of carboxylic acid groups (broad SMARTS) is 1. The fourth-order valence-electron chi connectivity index (χ4n) is 2.81. The molecule has 1 aliphatic carbocycles. The highest BCUT2D eigenvalue weighted by atomic mass is 16.4. The predicted molar refractivity (Wildman–Crippen MR) is 75.4 cm³/mol. The van der Waals surface area contributed by atoms with E-state index in [1.165, 1.54) is 25.7 Å². The van der Waals surface area contributed by atoms with Crippen molar-refractivity contribution in [3.05, 3.63) is 0 Å². The molecule has 2 unspecified atom stereocenters. The predicted octanol–water partition coefficient (Wildman–Crippen LogP) is 1.34. The van der Waals surface area contributed by atoms with Crippen LogP contribution >= 0.6 is 0 Å². The Labute approximate surface area is 119 Å². The molecule has 1 rings (SSSR count). The number of hydrogen-bond acceptors (Lipinski definition) is 3. The number of amides is 2. The summed E-state index contributed by atoms with van der Waals surface area (Å²) in [4.78, 5) is 22.4. The van der Waals surface area contributed by atoms with Gasteiger partial charge < -0.3 is 20.8 Å². The first-order valence-corrected chi connectivity index (χ1v) is 7.41. The first-order chi connectivity index (χ1) is 9.52. The molecule has 2 amide bonds. The molecule has 0 saturated heterocycles. The number of aliphatic carboxylic acids is 1. The van der Waals surface area contributed by atoms with Crippen LogP contribution in [0.1, 0.15) is 45.4 Å². The summed E-state index contributed by atoms with van der Waals surface area (Å²) in [5.74, 6) is 0.297. The van der Waals surface area contributed by atoms with Crippen LogP contribution in [0.5, 0.6) is 0 Å². The Balaban J connectivity index is 2.20. The lowest BCUT2D eigenvalue weighted by Crippen LogP contribution is -2.46. The van der Waals surface area contributed by atoms with Crippen molar-refractivity contribution < 1.29 is 19.8 Å². The van der Waals surface area contributed by atoms with Gasteiger partial charge in [-0.25, -0.2) is 9.59 Å². The second-order valence-electron chi connectivity index (χ2n) is 5.73. The van der Waals surface area contributed by atoms with Crippen LogP contribution in [0.15, 0.2) is 0 Å². The van der Waals surface area contributed by atoms with Crippen molar-refractivity contribution in [2.45, 2.75) is 51.5 Å². The van der Waals surface area contributed by atoms with Gasteiger partial charge in [0.25, 0.3) is 0 Å². The Bertz CT molecular complexity index is 322. The van der Waals surface area contributed by atoms with Gasteiger partial charge in [-0.2, -0.15) is 0 Å². The number of hydrogen-bond donors (Lipinski definition) is 4. The summed E-state index contributed by atoms with van der Waals surface area (Å²) < 4.78 is 0. The molecule has 0 aliphatic heterocycles. The van der Waals surface area contributed by atoms with E-state index >= 15 is 0 Å². The Morgan fingerprint density at radius 3 is 2.70 bits per heavy atom. The highest BCUT2D eigenvalue weighted by Crippen LogP contribution is 2.30. The van der Waals surface area contributed by atoms with Gasteiger partial charge in [0, 0.05) is 19.6 Å². The maximum atomic E-state index is 11.6. The fourth-order valence-corrected chi connectivity index (χ4v) is 2.81. The molecule has 0 spiro atoms. The number of carbonyl (C=O) groups is 2. The molecule has 1 aliphatic rings. The number of nitrogens with one attached hydrogen (secondary N) is 2. The maximum absolute atomic E-state index is 11.6. The van der Waals surface area contributed by atoms with Gasteiger partial charge in [-0.15, -0.1) is 0 Å². The Morgan fingerprint density at radius 1 is 1.35 bits per heavy atom. The molecule has 6 heteroatoms. The van der Waals surface area contributed by atoms with Crippen LogP contribution < -0.4 is 10.6 Å². The van der Waals surface area contributed by atoms with E-state index in [4.69, 9.17) is 10.2 Å². The number of rotatable bonds is 7. The first kappa shape index (κ1) is 16.8. The third-order valence-electron chi connectivity index (χ3n) is 3.90. The Morgan fingerprint density at radius 2 is 2.10 bits per heavy atom. The van der Waals surface area contributed by atoms with Crippen molar-refractivity contribution in [3.63, 3.8) is 0 Å². The lowest BCUT2D eigenvalue weighted by Gasteiger charge is -2.26. The lowest BCUT2D eigenvalue weighted by molar-refractivity contribution is -0.139. The second-order valence-corrected chi connectivity index (χ2v) is 5.73. The number of urea groups is 1. The molecule has 0 bridgehead atoms. The molecule has 0 aromatic rings. The van der Waals surface area contributed by atoms with Crippen molar-refractivity contribution in [1.82, 2.24) is 10.6 Å². The number of aliphatic hydroxyl groups is 1. The van der Waals surface area contributed by atoms with Crippen LogP contribution in [-0.2, 0) is 4.79 Å². The molecular weight excluding hydrogens is 260 g/mol. The topological polar surface area (TPSA) is 98.7 Å². The second kappa shape index (κ2) is 8.79. The van der Waals surface area contributed by atoms with E-state index in [2.05, 4.69) is 17.6 Å². The van der Waals surface area contributed by atoms with E-state index in [1.54, 1.807) is 0 Å². The Hall–Kier alpha value is -1.30. The summed E-state index contributed by atoms with van der Waals surface area (Å²) in [5, 5.41) is 22.6. The summed E-state index contributed by atoms with van der Waals surface area (Å²) in [6.45, 7) is 2.56.